The molecule has 0 saturated carbocycles. The van der Waals surface area contributed by atoms with E-state index in [9.17, 15) is 31.6 Å². The summed E-state index contributed by atoms with van der Waals surface area (Å²) < 4.78 is 54.2. The Morgan fingerprint density at radius 2 is 1.88 bits per heavy atom. The van der Waals surface area contributed by atoms with Crippen molar-refractivity contribution in [3.8, 4) is 0 Å². The molecule has 0 radical (unpaired) electrons. The smallest absolute Gasteiger partial charge is 0.320 e. The third-order valence-corrected chi connectivity index (χ3v) is 4.06. The molecule has 1 aromatic carbocycles. The summed E-state index contributed by atoms with van der Waals surface area (Å²) in [6, 6.07) is 4.78. The zero-order valence-electron chi connectivity index (χ0n) is 12.9. The number of methoxy groups -OCH3 is 1. The summed E-state index contributed by atoms with van der Waals surface area (Å²) >= 11 is 0. The maximum atomic E-state index is 12.0. The van der Waals surface area contributed by atoms with Crippen molar-refractivity contribution in [3.63, 3.8) is 0 Å². The molecule has 0 aliphatic rings. The van der Waals surface area contributed by atoms with Crippen molar-refractivity contribution in [2.75, 3.05) is 25.5 Å². The Morgan fingerprint density at radius 1 is 1.20 bits per heavy atom. The van der Waals surface area contributed by atoms with Crippen LogP contribution in [0.2, 0.25) is 0 Å². The number of rotatable bonds is 7. The lowest BCUT2D eigenvalue weighted by Gasteiger charge is -2.09. The molecule has 0 fully saturated rings. The molecule has 12 heteroatoms. The first-order valence-corrected chi connectivity index (χ1v) is 8.18. The van der Waals surface area contributed by atoms with E-state index in [0.29, 0.717) is 0 Å². The molecular formula is C13H15F2N3O6S. The van der Waals surface area contributed by atoms with Crippen LogP contribution in [0.5, 0.6) is 0 Å². The van der Waals surface area contributed by atoms with Gasteiger partial charge in [0.25, 0.3) is 6.43 Å². The Labute approximate surface area is 141 Å². The van der Waals surface area contributed by atoms with E-state index in [-0.39, 0.29) is 10.6 Å². The molecule has 0 heterocycles. The molecule has 0 spiro atoms. The van der Waals surface area contributed by atoms with Crippen LogP contribution in [0.1, 0.15) is 0 Å². The van der Waals surface area contributed by atoms with Gasteiger partial charge in [-0.2, -0.15) is 4.72 Å². The zero-order chi connectivity index (χ0) is 19.0. The topological polar surface area (TPSA) is 131 Å². The molecule has 3 N–H and O–H groups in total. The van der Waals surface area contributed by atoms with Crippen LogP contribution in [-0.2, 0) is 29.1 Å². The third-order valence-electron chi connectivity index (χ3n) is 2.66. The molecule has 0 bridgehead atoms. The van der Waals surface area contributed by atoms with Crippen molar-refractivity contribution < 1.29 is 36.3 Å². The maximum Gasteiger partial charge on any atom is 0.320 e. The summed E-state index contributed by atoms with van der Waals surface area (Å²) in [4.78, 5) is 33.5. The summed E-state index contributed by atoms with van der Waals surface area (Å²) in [6.45, 7) is -1.58. The van der Waals surface area contributed by atoms with Gasteiger partial charge in [0.1, 0.15) is 6.54 Å². The Kier molecular flexibility index (Phi) is 7.39. The number of anilines is 1. The van der Waals surface area contributed by atoms with Crippen molar-refractivity contribution >= 4 is 33.5 Å². The number of hydrogen-bond donors (Lipinski definition) is 3. The van der Waals surface area contributed by atoms with Gasteiger partial charge in [0.2, 0.25) is 10.0 Å². The number of esters is 1. The van der Waals surface area contributed by atoms with Gasteiger partial charge in [-0.3, -0.25) is 14.4 Å². The van der Waals surface area contributed by atoms with Crippen molar-refractivity contribution in [1.29, 1.82) is 0 Å². The maximum absolute atomic E-state index is 12.0. The molecule has 138 valence electrons. The van der Waals surface area contributed by atoms with Crippen LogP contribution in [0.15, 0.2) is 29.2 Å². The number of halogens is 2. The fraction of sp³-hybridized carbons (Fsp3) is 0.308. The second kappa shape index (κ2) is 9.03. The van der Waals surface area contributed by atoms with E-state index in [1.165, 1.54) is 18.2 Å². The zero-order valence-corrected chi connectivity index (χ0v) is 13.7. The van der Waals surface area contributed by atoms with Gasteiger partial charge in [0.15, 0.2) is 0 Å². The third kappa shape index (κ3) is 6.81. The molecule has 2 amide bonds. The van der Waals surface area contributed by atoms with Crippen LogP contribution in [0.4, 0.5) is 14.5 Å². The highest BCUT2D eigenvalue weighted by Gasteiger charge is 2.18. The normalized spacial score (nSPS) is 11.0. The van der Waals surface area contributed by atoms with Gasteiger partial charge in [-0.15, -0.1) is 0 Å². The van der Waals surface area contributed by atoms with E-state index in [1.807, 2.05) is 4.72 Å². The van der Waals surface area contributed by atoms with E-state index in [4.69, 9.17) is 0 Å². The lowest BCUT2D eigenvalue weighted by Crippen LogP contribution is -2.37. The van der Waals surface area contributed by atoms with Crippen LogP contribution >= 0.6 is 0 Å². The first kappa shape index (κ1) is 20.4. The summed E-state index contributed by atoms with van der Waals surface area (Å²) in [5, 5.41) is 3.78. The molecule has 0 unspecified atom stereocenters. The Hall–Kier alpha value is -2.60. The van der Waals surface area contributed by atoms with E-state index < -0.39 is 47.3 Å². The van der Waals surface area contributed by atoms with E-state index in [1.54, 1.807) is 5.32 Å². The van der Waals surface area contributed by atoms with Gasteiger partial charge in [-0.1, -0.05) is 6.07 Å². The number of nitrogens with one attached hydrogen (secondary N) is 3. The highest BCUT2D eigenvalue weighted by molar-refractivity contribution is 7.89. The second-order valence-corrected chi connectivity index (χ2v) is 6.25. The van der Waals surface area contributed by atoms with Crippen molar-refractivity contribution in [1.82, 2.24) is 10.0 Å². The fourth-order valence-corrected chi connectivity index (χ4v) is 2.50. The Balaban J connectivity index is 2.79. The van der Waals surface area contributed by atoms with Crippen molar-refractivity contribution in [2.45, 2.75) is 11.3 Å². The number of carbonyl (C=O) groups excluding carboxylic acids is 3. The average Bonchev–Trinajstić information content (AvgIpc) is 2.57. The van der Waals surface area contributed by atoms with Gasteiger partial charge >= 0.3 is 17.8 Å². The quantitative estimate of drug-likeness (QED) is 0.431. The van der Waals surface area contributed by atoms with Crippen LogP contribution in [0.25, 0.3) is 0 Å². The van der Waals surface area contributed by atoms with Crippen LogP contribution in [-0.4, -0.2) is 52.8 Å². The molecule has 9 nitrogen and oxygen atoms in total. The van der Waals surface area contributed by atoms with Gasteiger partial charge in [-0.25, -0.2) is 17.2 Å². The Bertz CT molecular complexity index is 754. The summed E-state index contributed by atoms with van der Waals surface area (Å²) in [5.41, 5.74) is -0.0573. The van der Waals surface area contributed by atoms with Gasteiger partial charge in [0.05, 0.1) is 18.6 Å². The Morgan fingerprint density at radius 3 is 2.48 bits per heavy atom. The van der Waals surface area contributed by atoms with Gasteiger partial charge in [0, 0.05) is 5.69 Å². The van der Waals surface area contributed by atoms with E-state index in [0.717, 1.165) is 13.2 Å². The van der Waals surface area contributed by atoms with E-state index in [2.05, 4.69) is 10.1 Å². The molecule has 0 saturated heterocycles. The van der Waals surface area contributed by atoms with Crippen molar-refractivity contribution in [2.24, 2.45) is 0 Å². The van der Waals surface area contributed by atoms with Crippen molar-refractivity contribution in [3.05, 3.63) is 24.3 Å². The lowest BCUT2D eigenvalue weighted by molar-refractivity contribution is -0.139. The summed E-state index contributed by atoms with van der Waals surface area (Å²) in [5.74, 6) is -3.33. The fourth-order valence-electron chi connectivity index (χ4n) is 1.49. The number of hydrogen-bond acceptors (Lipinski definition) is 6. The van der Waals surface area contributed by atoms with Crippen LogP contribution in [0.3, 0.4) is 0 Å². The lowest BCUT2D eigenvalue weighted by atomic mass is 10.3. The number of alkyl halides is 2. The second-order valence-electron chi connectivity index (χ2n) is 4.48. The standard InChI is InChI=1S/C13H15F2N3O6S/c1-24-11(19)7-17-25(22,23)9-4-2-3-8(5-9)18-13(21)12(20)16-6-10(14)15/h2-5,10,17H,6-7H2,1H3,(H,16,20)(H,18,21). The number of amides is 2. The van der Waals surface area contributed by atoms with Crippen LogP contribution in [0, 0.1) is 0 Å². The monoisotopic (exact) mass is 379 g/mol. The van der Waals surface area contributed by atoms with Gasteiger partial charge in [-0.05, 0) is 18.2 Å². The first-order chi connectivity index (χ1) is 11.7. The highest BCUT2D eigenvalue weighted by Crippen LogP contribution is 2.15. The molecule has 0 aliphatic heterocycles. The molecule has 0 atom stereocenters. The molecule has 0 aromatic heterocycles. The minimum atomic E-state index is -4.07. The predicted octanol–water partition coefficient (Wildman–Crippen LogP) is -0.542. The molecule has 1 rings (SSSR count). The number of carbonyl (C=O) groups is 3. The average molecular weight is 379 g/mol. The highest BCUT2D eigenvalue weighted by atomic mass is 32.2. The number of benzene rings is 1. The summed E-state index contributed by atoms with van der Waals surface area (Å²) in [7, 11) is -2.98. The minimum absolute atomic E-state index is 0.0573. The molecule has 1 aromatic rings. The summed E-state index contributed by atoms with van der Waals surface area (Å²) in [6.07, 6.45) is -2.81. The molecule has 0 aliphatic carbocycles. The van der Waals surface area contributed by atoms with Gasteiger partial charge < -0.3 is 15.4 Å². The molecule has 25 heavy (non-hydrogen) atoms. The molecular weight excluding hydrogens is 364 g/mol. The number of sulfonamides is 1. The number of ether oxygens (including phenoxy) is 1. The largest absolute Gasteiger partial charge is 0.468 e. The minimum Gasteiger partial charge on any atom is -0.468 e. The van der Waals surface area contributed by atoms with Crippen LogP contribution < -0.4 is 15.4 Å². The van der Waals surface area contributed by atoms with E-state index >= 15 is 0 Å². The SMILES string of the molecule is COC(=O)CNS(=O)(=O)c1cccc(NC(=O)C(=O)NCC(F)F)c1. The first-order valence-electron chi connectivity index (χ1n) is 6.69. The predicted molar refractivity (Wildman–Crippen MR) is 81.3 cm³/mol.